The van der Waals surface area contributed by atoms with E-state index in [1.807, 2.05) is 0 Å². The van der Waals surface area contributed by atoms with Crippen molar-refractivity contribution in [2.45, 2.75) is 38.2 Å². The number of methoxy groups -OCH3 is 1. The van der Waals surface area contributed by atoms with E-state index in [0.717, 1.165) is 18.6 Å². The van der Waals surface area contributed by atoms with Crippen LogP contribution in [0.4, 0.5) is 5.69 Å². The van der Waals surface area contributed by atoms with E-state index in [1.165, 1.54) is 19.3 Å². The predicted molar refractivity (Wildman–Crippen MR) is 98.8 cm³/mol. The van der Waals surface area contributed by atoms with E-state index in [-0.39, 0.29) is 18.6 Å². The molecule has 1 aliphatic rings. The molecular formula is C20H24N2O4. The smallest absolute Gasteiger partial charge is 0.250 e. The molecule has 0 bridgehead atoms. The largest absolute Gasteiger partial charge is 0.497 e. The molecule has 2 aromatic rings. The molecule has 1 fully saturated rings. The van der Waals surface area contributed by atoms with Gasteiger partial charge in [0, 0.05) is 6.20 Å². The number of ether oxygens (including phenoxy) is 3. The number of anilines is 1. The Hall–Kier alpha value is -2.60. The van der Waals surface area contributed by atoms with Gasteiger partial charge >= 0.3 is 0 Å². The van der Waals surface area contributed by atoms with E-state index in [0.29, 0.717) is 17.3 Å². The van der Waals surface area contributed by atoms with Crippen LogP contribution >= 0.6 is 0 Å². The third-order valence-electron chi connectivity index (χ3n) is 4.32. The Morgan fingerprint density at radius 1 is 1.12 bits per heavy atom. The van der Waals surface area contributed by atoms with E-state index in [1.54, 1.807) is 49.7 Å². The maximum Gasteiger partial charge on any atom is 0.250 e. The summed E-state index contributed by atoms with van der Waals surface area (Å²) in [5.41, 5.74) is 0.514. The Bertz CT molecular complexity index is 712. The molecule has 26 heavy (non-hydrogen) atoms. The normalized spacial score (nSPS) is 14.7. The minimum absolute atomic E-state index is 0.0432. The lowest BCUT2D eigenvalue weighted by Gasteiger charge is -2.21. The number of nitrogens with zero attached hydrogens (tertiary/aromatic N) is 1. The summed E-state index contributed by atoms with van der Waals surface area (Å²) >= 11 is 0. The number of carbonyl (C=O) groups is 1. The summed E-state index contributed by atoms with van der Waals surface area (Å²) < 4.78 is 16.6. The zero-order chi connectivity index (χ0) is 18.2. The van der Waals surface area contributed by atoms with Gasteiger partial charge in [-0.25, -0.2) is 4.98 Å². The molecule has 138 valence electrons. The first-order valence-corrected chi connectivity index (χ1v) is 8.93. The first kappa shape index (κ1) is 18.2. The standard InChI is InChI=1S/C20H24N2O4/c1-24-15-9-11-17(12-10-15)26-20-18(8-5-13-21-20)22-19(23)14-25-16-6-3-2-4-7-16/h5,8-13,16H,2-4,6-7,14H2,1H3,(H,22,23). The monoisotopic (exact) mass is 356 g/mol. The maximum absolute atomic E-state index is 12.2. The number of aromatic nitrogens is 1. The zero-order valence-electron chi connectivity index (χ0n) is 14.9. The number of nitrogens with one attached hydrogen (secondary N) is 1. The van der Waals surface area contributed by atoms with Crippen LogP contribution in [0.1, 0.15) is 32.1 Å². The zero-order valence-corrected chi connectivity index (χ0v) is 14.9. The fourth-order valence-electron chi connectivity index (χ4n) is 2.93. The van der Waals surface area contributed by atoms with E-state index in [2.05, 4.69) is 10.3 Å². The second-order valence-electron chi connectivity index (χ2n) is 6.25. The van der Waals surface area contributed by atoms with Crippen LogP contribution in [-0.2, 0) is 9.53 Å². The summed E-state index contributed by atoms with van der Waals surface area (Å²) in [6.45, 7) is 0.0432. The van der Waals surface area contributed by atoms with Gasteiger partial charge in [-0.15, -0.1) is 0 Å². The highest BCUT2D eigenvalue weighted by molar-refractivity contribution is 5.92. The molecule has 0 unspecified atom stereocenters. The molecule has 1 N–H and O–H groups in total. The van der Waals surface area contributed by atoms with Crippen LogP contribution in [0.5, 0.6) is 17.4 Å². The Labute approximate surface area is 153 Å². The van der Waals surface area contributed by atoms with Gasteiger partial charge in [-0.1, -0.05) is 19.3 Å². The van der Waals surface area contributed by atoms with Crippen molar-refractivity contribution >= 4 is 11.6 Å². The van der Waals surface area contributed by atoms with Gasteiger partial charge in [0.25, 0.3) is 5.91 Å². The summed E-state index contributed by atoms with van der Waals surface area (Å²) in [6.07, 6.45) is 7.49. The van der Waals surface area contributed by atoms with Gasteiger partial charge in [-0.2, -0.15) is 0 Å². The predicted octanol–water partition coefficient (Wildman–Crippen LogP) is 4.17. The molecule has 1 saturated carbocycles. The Balaban J connectivity index is 1.58. The van der Waals surface area contributed by atoms with Crippen molar-refractivity contribution < 1.29 is 19.0 Å². The summed E-state index contributed by atoms with van der Waals surface area (Å²) in [6, 6.07) is 10.7. The van der Waals surface area contributed by atoms with E-state index < -0.39 is 0 Å². The van der Waals surface area contributed by atoms with Crippen LogP contribution in [0.15, 0.2) is 42.6 Å². The molecule has 1 heterocycles. The number of carbonyl (C=O) groups excluding carboxylic acids is 1. The van der Waals surface area contributed by atoms with Gasteiger partial charge in [0.15, 0.2) is 0 Å². The van der Waals surface area contributed by atoms with Gasteiger partial charge < -0.3 is 19.5 Å². The molecule has 0 atom stereocenters. The second kappa shape index (κ2) is 9.20. The summed E-state index contributed by atoms with van der Waals surface area (Å²) in [5, 5.41) is 2.82. The van der Waals surface area contributed by atoms with Crippen LogP contribution in [0.2, 0.25) is 0 Å². The molecule has 1 aliphatic carbocycles. The third kappa shape index (κ3) is 5.20. The van der Waals surface area contributed by atoms with Crippen molar-refractivity contribution in [2.75, 3.05) is 19.0 Å². The van der Waals surface area contributed by atoms with Crippen LogP contribution in [0.3, 0.4) is 0 Å². The number of pyridine rings is 1. The summed E-state index contributed by atoms with van der Waals surface area (Å²) in [5.74, 6) is 1.48. The average Bonchev–Trinajstić information content (AvgIpc) is 2.69. The van der Waals surface area contributed by atoms with E-state index >= 15 is 0 Å². The highest BCUT2D eigenvalue weighted by Crippen LogP contribution is 2.28. The minimum Gasteiger partial charge on any atom is -0.497 e. The van der Waals surface area contributed by atoms with Crippen LogP contribution in [0, 0.1) is 0 Å². The van der Waals surface area contributed by atoms with Gasteiger partial charge in [0.05, 0.1) is 13.2 Å². The second-order valence-corrected chi connectivity index (χ2v) is 6.25. The van der Waals surface area contributed by atoms with Crippen molar-refractivity contribution in [1.29, 1.82) is 0 Å². The molecular weight excluding hydrogens is 332 g/mol. The van der Waals surface area contributed by atoms with Gasteiger partial charge in [0.2, 0.25) is 5.88 Å². The molecule has 0 spiro atoms. The molecule has 1 amide bonds. The highest BCUT2D eigenvalue weighted by atomic mass is 16.5. The fourth-order valence-corrected chi connectivity index (χ4v) is 2.93. The Kier molecular flexibility index (Phi) is 6.44. The topological polar surface area (TPSA) is 69.7 Å². The molecule has 1 aromatic heterocycles. The molecule has 1 aromatic carbocycles. The van der Waals surface area contributed by atoms with Crippen molar-refractivity contribution in [1.82, 2.24) is 4.98 Å². The number of benzene rings is 1. The first-order chi connectivity index (χ1) is 12.7. The fraction of sp³-hybridized carbons (Fsp3) is 0.400. The van der Waals surface area contributed by atoms with Crippen molar-refractivity contribution in [3.63, 3.8) is 0 Å². The van der Waals surface area contributed by atoms with Gasteiger partial charge in [-0.05, 0) is 49.2 Å². The molecule has 0 aliphatic heterocycles. The van der Waals surface area contributed by atoms with Crippen molar-refractivity contribution in [3.8, 4) is 17.4 Å². The molecule has 0 radical (unpaired) electrons. The first-order valence-electron chi connectivity index (χ1n) is 8.93. The van der Waals surface area contributed by atoms with Crippen LogP contribution in [-0.4, -0.2) is 30.7 Å². The van der Waals surface area contributed by atoms with E-state index in [9.17, 15) is 4.79 Å². The molecule has 0 saturated heterocycles. The third-order valence-corrected chi connectivity index (χ3v) is 4.32. The molecule has 3 rings (SSSR count). The van der Waals surface area contributed by atoms with Crippen molar-refractivity contribution in [2.24, 2.45) is 0 Å². The number of hydrogen-bond acceptors (Lipinski definition) is 5. The number of rotatable bonds is 7. The molecule has 6 nitrogen and oxygen atoms in total. The van der Waals surface area contributed by atoms with Crippen LogP contribution < -0.4 is 14.8 Å². The minimum atomic E-state index is -0.205. The molecule has 6 heteroatoms. The summed E-state index contributed by atoms with van der Waals surface area (Å²) in [4.78, 5) is 16.4. The summed E-state index contributed by atoms with van der Waals surface area (Å²) in [7, 11) is 1.61. The number of amides is 1. The Morgan fingerprint density at radius 2 is 1.85 bits per heavy atom. The van der Waals surface area contributed by atoms with Gasteiger partial charge in [-0.3, -0.25) is 4.79 Å². The Morgan fingerprint density at radius 3 is 2.58 bits per heavy atom. The highest BCUT2D eigenvalue weighted by Gasteiger charge is 2.16. The lowest BCUT2D eigenvalue weighted by Crippen LogP contribution is -2.25. The number of hydrogen-bond donors (Lipinski definition) is 1. The lowest BCUT2D eigenvalue weighted by atomic mass is 9.98. The maximum atomic E-state index is 12.2. The quantitative estimate of drug-likeness (QED) is 0.806. The lowest BCUT2D eigenvalue weighted by molar-refractivity contribution is -0.123. The van der Waals surface area contributed by atoms with Crippen molar-refractivity contribution in [3.05, 3.63) is 42.6 Å². The van der Waals surface area contributed by atoms with Gasteiger partial charge in [0.1, 0.15) is 23.8 Å². The SMILES string of the molecule is COc1ccc(Oc2ncccc2NC(=O)COC2CCCCC2)cc1. The van der Waals surface area contributed by atoms with Crippen LogP contribution in [0.25, 0.3) is 0 Å². The van der Waals surface area contributed by atoms with E-state index in [4.69, 9.17) is 14.2 Å². The average molecular weight is 356 g/mol.